The van der Waals surface area contributed by atoms with Gasteiger partial charge in [-0.2, -0.15) is 0 Å². The van der Waals surface area contributed by atoms with Crippen LogP contribution in [0.4, 0.5) is 0 Å². The molecule has 0 saturated heterocycles. The van der Waals surface area contributed by atoms with Gasteiger partial charge in [-0.15, -0.1) is 0 Å². The van der Waals surface area contributed by atoms with E-state index in [0.29, 0.717) is 12.3 Å². The summed E-state index contributed by atoms with van der Waals surface area (Å²) in [5.74, 6) is 7.00. The molecule has 0 bridgehead atoms. The number of rotatable bonds is 3. The zero-order valence-corrected chi connectivity index (χ0v) is 16.8. The number of nitro groups is 1. The Balaban J connectivity index is 1.72. The Hall–Kier alpha value is -3.59. The van der Waals surface area contributed by atoms with E-state index in [1.807, 2.05) is 44.5 Å². The van der Waals surface area contributed by atoms with Gasteiger partial charge in [-0.25, -0.2) is 0 Å². The molecule has 0 radical (unpaired) electrons. The van der Waals surface area contributed by atoms with Gasteiger partial charge in [0.2, 0.25) is 5.84 Å². The van der Waals surface area contributed by atoms with Crippen LogP contribution in [0, 0.1) is 27.9 Å². The van der Waals surface area contributed by atoms with Gasteiger partial charge in [-0.3, -0.25) is 0 Å². The fourth-order valence-corrected chi connectivity index (χ4v) is 3.09. The molecule has 1 aromatic rings. The van der Waals surface area contributed by atoms with Crippen molar-refractivity contribution in [3.8, 4) is 17.6 Å². The van der Waals surface area contributed by atoms with Crippen LogP contribution >= 0.6 is 0 Å². The van der Waals surface area contributed by atoms with Gasteiger partial charge in [0.15, 0.2) is 0 Å². The van der Waals surface area contributed by atoms with Crippen molar-refractivity contribution in [2.45, 2.75) is 12.8 Å². The average molecular weight is 389 g/mol. The molecule has 1 heterocycles. The third kappa shape index (κ3) is 5.23. The molecular formula is C23H23N3O3. The second-order valence-electron chi connectivity index (χ2n) is 6.95. The van der Waals surface area contributed by atoms with E-state index in [0.717, 1.165) is 23.3 Å². The molecule has 1 aliphatic heterocycles. The maximum atomic E-state index is 11.3. The smallest absolute Gasteiger partial charge is 0.362 e. The van der Waals surface area contributed by atoms with Crippen molar-refractivity contribution in [1.29, 1.82) is 0 Å². The lowest BCUT2D eigenvalue weighted by Crippen LogP contribution is -2.22. The van der Waals surface area contributed by atoms with Crippen LogP contribution in [0.3, 0.4) is 0 Å². The summed E-state index contributed by atoms with van der Waals surface area (Å²) in [6, 6.07) is 6.06. The normalized spacial score (nSPS) is 19.0. The highest BCUT2D eigenvalue weighted by Crippen LogP contribution is 2.28. The number of allylic oxidation sites excluding steroid dienone is 5. The predicted octanol–water partition coefficient (Wildman–Crippen LogP) is 3.85. The molecule has 0 spiro atoms. The van der Waals surface area contributed by atoms with Crippen molar-refractivity contribution in [3.05, 3.63) is 81.2 Å². The summed E-state index contributed by atoms with van der Waals surface area (Å²) in [5.41, 5.74) is 3.58. The highest BCUT2D eigenvalue weighted by atomic mass is 16.6. The summed E-state index contributed by atoms with van der Waals surface area (Å²) in [6.45, 7) is 0. The second kappa shape index (κ2) is 9.07. The average Bonchev–Trinajstić information content (AvgIpc) is 3.07. The third-order valence-corrected chi connectivity index (χ3v) is 4.64. The Morgan fingerprint density at radius 2 is 2.21 bits per heavy atom. The largest absolute Gasteiger partial charge is 0.497 e. The number of nitrogens with zero attached hydrogens (tertiary/aromatic N) is 3. The molecule has 1 aromatic carbocycles. The van der Waals surface area contributed by atoms with Crippen LogP contribution in [-0.4, -0.2) is 36.9 Å². The molecule has 0 amide bonds. The standard InChI is InChI=1S/C23H23N3O3/c1-25(2)22-10-6-9-17(15-23(24-22)26(27)28)7-4-5-8-18-13-19-11-12-21(29-3)16-20(19)14-18/h5-6,8-9,11-12,14-17H,10,13H2,1-3H3/b8-5+,9-6-,23-15?,24-22?. The van der Waals surface area contributed by atoms with Gasteiger partial charge >= 0.3 is 5.82 Å². The van der Waals surface area contributed by atoms with Crippen LogP contribution in [0.2, 0.25) is 0 Å². The molecule has 6 heteroatoms. The molecule has 29 heavy (non-hydrogen) atoms. The minimum Gasteiger partial charge on any atom is -0.497 e. The molecule has 1 aliphatic carbocycles. The van der Waals surface area contributed by atoms with E-state index in [9.17, 15) is 10.1 Å². The van der Waals surface area contributed by atoms with E-state index < -0.39 is 4.92 Å². The number of methoxy groups -OCH3 is 1. The number of ether oxygens (including phenoxy) is 1. The highest BCUT2D eigenvalue weighted by molar-refractivity contribution is 5.84. The number of fused-ring (bicyclic) bond motifs is 1. The van der Waals surface area contributed by atoms with Gasteiger partial charge in [0, 0.05) is 26.6 Å². The first-order chi connectivity index (χ1) is 14.0. The summed E-state index contributed by atoms with van der Waals surface area (Å²) in [4.78, 5) is 16.8. The molecule has 1 atom stereocenters. The van der Waals surface area contributed by atoms with Gasteiger partial charge < -0.3 is 19.8 Å². The molecule has 6 nitrogen and oxygen atoms in total. The monoisotopic (exact) mass is 389 g/mol. The zero-order chi connectivity index (χ0) is 20.8. The van der Waals surface area contributed by atoms with Crippen LogP contribution in [-0.2, 0) is 6.42 Å². The summed E-state index contributed by atoms with van der Waals surface area (Å²) < 4.78 is 5.26. The predicted molar refractivity (Wildman–Crippen MR) is 115 cm³/mol. The van der Waals surface area contributed by atoms with E-state index >= 15 is 0 Å². The number of benzene rings is 1. The number of hydrogen-bond acceptors (Lipinski definition) is 5. The molecule has 2 aliphatic rings. The van der Waals surface area contributed by atoms with E-state index in [4.69, 9.17) is 4.74 Å². The van der Waals surface area contributed by atoms with E-state index in [1.54, 1.807) is 18.1 Å². The lowest BCUT2D eigenvalue weighted by Gasteiger charge is -2.11. The molecule has 3 rings (SSSR count). The third-order valence-electron chi connectivity index (χ3n) is 4.64. The van der Waals surface area contributed by atoms with Crippen LogP contribution in [0.5, 0.6) is 5.75 Å². The van der Waals surface area contributed by atoms with Gasteiger partial charge in [-0.1, -0.05) is 42.2 Å². The zero-order valence-electron chi connectivity index (χ0n) is 16.8. The first-order valence-electron chi connectivity index (χ1n) is 9.29. The molecule has 0 N–H and O–H groups in total. The number of amidine groups is 1. The Bertz CT molecular complexity index is 1020. The van der Waals surface area contributed by atoms with Gasteiger partial charge in [0.1, 0.15) is 5.75 Å². The topological polar surface area (TPSA) is 68.0 Å². The minimum absolute atomic E-state index is 0.177. The highest BCUT2D eigenvalue weighted by Gasteiger charge is 2.18. The van der Waals surface area contributed by atoms with E-state index in [-0.39, 0.29) is 11.7 Å². The Kier molecular flexibility index (Phi) is 6.30. The SMILES string of the molecule is COc1ccc2c(c1)C=C(/C=C/C#CC1C=C([N+](=O)[O-])N=C(N(C)C)C/C=C\1)C2. The quantitative estimate of drug-likeness (QED) is 0.341. The Morgan fingerprint density at radius 1 is 1.38 bits per heavy atom. The Labute approximate surface area is 170 Å². The van der Waals surface area contributed by atoms with Crippen LogP contribution in [0.1, 0.15) is 17.5 Å². The first-order valence-corrected chi connectivity index (χ1v) is 9.29. The fourth-order valence-electron chi connectivity index (χ4n) is 3.09. The van der Waals surface area contributed by atoms with E-state index in [1.165, 1.54) is 11.6 Å². The molecular weight excluding hydrogens is 366 g/mol. The van der Waals surface area contributed by atoms with Crippen LogP contribution < -0.4 is 4.74 Å². The van der Waals surface area contributed by atoms with Gasteiger partial charge in [0.05, 0.1) is 13.0 Å². The van der Waals surface area contributed by atoms with Crippen LogP contribution in [0.25, 0.3) is 6.08 Å². The van der Waals surface area contributed by atoms with Gasteiger partial charge in [-0.05, 0) is 51.2 Å². The number of hydrogen-bond donors (Lipinski definition) is 0. The molecule has 0 fully saturated rings. The lowest BCUT2D eigenvalue weighted by molar-refractivity contribution is -0.426. The van der Waals surface area contributed by atoms with Crippen molar-refractivity contribution < 1.29 is 9.66 Å². The van der Waals surface area contributed by atoms with Crippen molar-refractivity contribution in [1.82, 2.24) is 4.90 Å². The molecule has 0 saturated carbocycles. The first kappa shape index (κ1) is 20.2. The molecule has 0 aromatic heterocycles. The molecule has 148 valence electrons. The summed E-state index contributed by atoms with van der Waals surface area (Å²) in [6.07, 6.45) is 12.6. The van der Waals surface area contributed by atoms with Crippen molar-refractivity contribution in [2.24, 2.45) is 10.9 Å². The van der Waals surface area contributed by atoms with Crippen LogP contribution in [0.15, 0.2) is 65.0 Å². The molecule has 1 unspecified atom stereocenters. The summed E-state index contributed by atoms with van der Waals surface area (Å²) in [7, 11) is 5.30. The van der Waals surface area contributed by atoms with Crippen molar-refractivity contribution in [2.75, 3.05) is 21.2 Å². The minimum atomic E-state index is -0.470. The fraction of sp³-hybridized carbons (Fsp3) is 0.261. The maximum Gasteiger partial charge on any atom is 0.362 e. The van der Waals surface area contributed by atoms with Crippen molar-refractivity contribution in [3.63, 3.8) is 0 Å². The van der Waals surface area contributed by atoms with Crippen molar-refractivity contribution >= 4 is 11.9 Å². The van der Waals surface area contributed by atoms with E-state index in [2.05, 4.69) is 29.0 Å². The summed E-state index contributed by atoms with van der Waals surface area (Å²) in [5, 5.41) is 11.3. The Morgan fingerprint density at radius 3 is 2.93 bits per heavy atom. The second-order valence-corrected chi connectivity index (χ2v) is 6.95. The summed E-state index contributed by atoms with van der Waals surface area (Å²) >= 11 is 0. The lowest BCUT2D eigenvalue weighted by atomic mass is 10.1. The van der Waals surface area contributed by atoms with Gasteiger partial charge in [0.25, 0.3) is 0 Å². The maximum absolute atomic E-state index is 11.3. The number of aliphatic imine (C=N–C) groups is 1.